The lowest BCUT2D eigenvalue weighted by molar-refractivity contribution is 0.602. The fourth-order valence-corrected chi connectivity index (χ4v) is 3.39. The summed E-state index contributed by atoms with van der Waals surface area (Å²) in [4.78, 5) is 9.09. The monoisotopic (exact) mass is 364 g/mol. The van der Waals surface area contributed by atoms with Gasteiger partial charge < -0.3 is 5.32 Å². The summed E-state index contributed by atoms with van der Waals surface area (Å²) in [5.41, 5.74) is 0.761. The van der Waals surface area contributed by atoms with Gasteiger partial charge in [0.25, 0.3) is 0 Å². The van der Waals surface area contributed by atoms with Crippen molar-refractivity contribution in [1.82, 2.24) is 14.5 Å². The van der Waals surface area contributed by atoms with Crippen LogP contribution in [0.1, 0.15) is 0 Å². The maximum Gasteiger partial charge on any atom is 0.175 e. The van der Waals surface area contributed by atoms with E-state index in [4.69, 9.17) is 4.98 Å². The van der Waals surface area contributed by atoms with Crippen molar-refractivity contribution < 1.29 is 8.42 Å². The third-order valence-corrected chi connectivity index (χ3v) is 5.15. The molecule has 4 aromatic rings. The highest BCUT2D eigenvalue weighted by molar-refractivity contribution is 7.90. The highest BCUT2D eigenvalue weighted by atomic mass is 32.2. The van der Waals surface area contributed by atoms with Crippen LogP contribution in [0.4, 0.5) is 11.5 Å². The van der Waals surface area contributed by atoms with Crippen LogP contribution in [0.15, 0.2) is 78.2 Å². The Labute approximate surface area is 151 Å². The molecule has 0 fully saturated rings. The molecule has 4 rings (SSSR count). The van der Waals surface area contributed by atoms with Crippen LogP contribution in [0, 0.1) is 0 Å². The fourth-order valence-electron chi connectivity index (χ4n) is 2.76. The number of rotatable bonds is 4. The average molecular weight is 364 g/mol. The van der Waals surface area contributed by atoms with Crippen LogP contribution in [0.25, 0.3) is 16.6 Å². The molecule has 26 heavy (non-hydrogen) atoms. The lowest BCUT2D eigenvalue weighted by Crippen LogP contribution is -2.01. The van der Waals surface area contributed by atoms with Gasteiger partial charge in [-0.15, -0.1) is 0 Å². The maximum atomic E-state index is 11.6. The van der Waals surface area contributed by atoms with E-state index < -0.39 is 9.84 Å². The van der Waals surface area contributed by atoms with Gasteiger partial charge in [0, 0.05) is 29.7 Å². The first-order valence-corrected chi connectivity index (χ1v) is 9.85. The van der Waals surface area contributed by atoms with Crippen LogP contribution in [-0.4, -0.2) is 29.2 Å². The van der Waals surface area contributed by atoms with Crippen molar-refractivity contribution in [2.24, 2.45) is 0 Å². The first-order chi connectivity index (χ1) is 12.5. The van der Waals surface area contributed by atoms with Crippen molar-refractivity contribution in [3.63, 3.8) is 0 Å². The maximum absolute atomic E-state index is 11.6. The first-order valence-electron chi connectivity index (χ1n) is 7.96. The average Bonchev–Trinajstić information content (AvgIpc) is 3.15. The number of aromatic nitrogens is 3. The molecule has 0 aliphatic rings. The summed E-state index contributed by atoms with van der Waals surface area (Å²) in [7, 11) is -3.21. The van der Waals surface area contributed by atoms with Crippen LogP contribution in [0.2, 0.25) is 0 Å². The molecular formula is C19H16N4O2S. The minimum Gasteiger partial charge on any atom is -0.340 e. The zero-order valence-electron chi connectivity index (χ0n) is 14.0. The molecule has 2 aromatic carbocycles. The van der Waals surface area contributed by atoms with Gasteiger partial charge in [0.05, 0.1) is 4.90 Å². The topological polar surface area (TPSA) is 76.9 Å². The van der Waals surface area contributed by atoms with Crippen LogP contribution >= 0.6 is 0 Å². The number of nitrogens with zero attached hydrogens (tertiary/aromatic N) is 3. The number of pyridine rings is 1. The summed E-state index contributed by atoms with van der Waals surface area (Å²) in [5.74, 6) is 1.44. The van der Waals surface area contributed by atoms with Gasteiger partial charge >= 0.3 is 0 Å². The van der Waals surface area contributed by atoms with Crippen molar-refractivity contribution in [1.29, 1.82) is 0 Å². The summed E-state index contributed by atoms with van der Waals surface area (Å²) < 4.78 is 25.0. The second-order valence-corrected chi connectivity index (χ2v) is 7.96. The Morgan fingerprint density at radius 3 is 2.50 bits per heavy atom. The zero-order valence-corrected chi connectivity index (χ0v) is 14.8. The van der Waals surface area contributed by atoms with E-state index >= 15 is 0 Å². The summed E-state index contributed by atoms with van der Waals surface area (Å²) in [6, 6.07) is 16.6. The van der Waals surface area contributed by atoms with Crippen molar-refractivity contribution in [3.8, 4) is 5.82 Å². The highest BCUT2D eigenvalue weighted by Crippen LogP contribution is 2.26. The minimum absolute atomic E-state index is 0.286. The van der Waals surface area contributed by atoms with Gasteiger partial charge in [0.15, 0.2) is 9.84 Å². The summed E-state index contributed by atoms with van der Waals surface area (Å²) in [6.45, 7) is 0. The number of imidazole rings is 1. The molecule has 2 aromatic heterocycles. The van der Waals surface area contributed by atoms with Crippen molar-refractivity contribution in [2.45, 2.75) is 4.90 Å². The van der Waals surface area contributed by atoms with Crippen LogP contribution < -0.4 is 5.32 Å². The first kappa shape index (κ1) is 16.3. The van der Waals surface area contributed by atoms with Gasteiger partial charge in [-0.1, -0.05) is 24.3 Å². The molecule has 130 valence electrons. The van der Waals surface area contributed by atoms with Gasteiger partial charge in [-0.2, -0.15) is 0 Å². The number of anilines is 2. The molecule has 1 N–H and O–H groups in total. The quantitative estimate of drug-likeness (QED) is 0.599. The molecule has 0 unspecified atom stereocenters. The van der Waals surface area contributed by atoms with Gasteiger partial charge in [0.2, 0.25) is 0 Å². The Balaban J connectivity index is 1.75. The Bertz CT molecular complexity index is 1170. The number of benzene rings is 2. The predicted molar refractivity (Wildman–Crippen MR) is 102 cm³/mol. The Kier molecular flexibility index (Phi) is 3.93. The largest absolute Gasteiger partial charge is 0.340 e. The third-order valence-electron chi connectivity index (χ3n) is 4.02. The van der Waals surface area contributed by atoms with Crippen LogP contribution in [-0.2, 0) is 9.84 Å². The van der Waals surface area contributed by atoms with Crippen LogP contribution in [0.3, 0.4) is 0 Å². The van der Waals surface area contributed by atoms with Gasteiger partial charge in [-0.05, 0) is 35.7 Å². The van der Waals surface area contributed by atoms with Gasteiger partial charge in [0.1, 0.15) is 18.0 Å². The van der Waals surface area contributed by atoms with Gasteiger partial charge in [-0.25, -0.2) is 18.4 Å². The lowest BCUT2D eigenvalue weighted by atomic mass is 10.1. The number of sulfone groups is 1. The molecular weight excluding hydrogens is 348 g/mol. The molecule has 0 atom stereocenters. The third kappa shape index (κ3) is 3.16. The second kappa shape index (κ2) is 6.27. The summed E-state index contributed by atoms with van der Waals surface area (Å²) in [5, 5.41) is 5.30. The van der Waals surface area contributed by atoms with E-state index in [1.165, 1.54) is 6.26 Å². The number of hydrogen-bond acceptors (Lipinski definition) is 5. The fraction of sp³-hybridized carbons (Fsp3) is 0.0526. The molecule has 0 radical (unpaired) electrons. The van der Waals surface area contributed by atoms with Crippen LogP contribution in [0.5, 0.6) is 0 Å². The number of nitrogens with one attached hydrogen (secondary N) is 1. The molecule has 2 heterocycles. The number of fused-ring (bicyclic) bond motifs is 1. The highest BCUT2D eigenvalue weighted by Gasteiger charge is 2.09. The Morgan fingerprint density at radius 1 is 1.04 bits per heavy atom. The lowest BCUT2D eigenvalue weighted by Gasteiger charge is -2.12. The van der Waals surface area contributed by atoms with E-state index in [0.717, 1.165) is 22.3 Å². The molecule has 0 saturated heterocycles. The van der Waals surface area contributed by atoms with E-state index in [0.29, 0.717) is 5.82 Å². The van der Waals surface area contributed by atoms with Gasteiger partial charge in [-0.3, -0.25) is 4.57 Å². The van der Waals surface area contributed by atoms with E-state index in [1.54, 1.807) is 36.8 Å². The Morgan fingerprint density at radius 2 is 1.81 bits per heavy atom. The summed E-state index contributed by atoms with van der Waals surface area (Å²) in [6.07, 6.45) is 6.46. The van der Waals surface area contributed by atoms with E-state index in [-0.39, 0.29) is 4.90 Å². The molecule has 6 nitrogen and oxygen atoms in total. The minimum atomic E-state index is -3.21. The molecule has 0 amide bonds. The summed E-state index contributed by atoms with van der Waals surface area (Å²) >= 11 is 0. The second-order valence-electron chi connectivity index (χ2n) is 5.94. The number of hydrogen-bond donors (Lipinski definition) is 1. The normalized spacial score (nSPS) is 11.6. The van der Waals surface area contributed by atoms with Crippen molar-refractivity contribution in [3.05, 3.63) is 73.3 Å². The molecule has 7 heteroatoms. The van der Waals surface area contributed by atoms with E-state index in [2.05, 4.69) is 10.3 Å². The van der Waals surface area contributed by atoms with E-state index in [1.807, 2.05) is 41.1 Å². The molecule has 0 bridgehead atoms. The Hall–Kier alpha value is -3.19. The predicted octanol–water partition coefficient (Wildman–Crippen LogP) is 3.57. The molecule has 0 aliphatic heterocycles. The van der Waals surface area contributed by atoms with E-state index in [9.17, 15) is 8.42 Å². The smallest absolute Gasteiger partial charge is 0.175 e. The molecule has 0 aliphatic carbocycles. The molecule has 0 saturated carbocycles. The zero-order chi connectivity index (χ0) is 18.1. The molecule has 0 spiro atoms. The van der Waals surface area contributed by atoms with Crippen molar-refractivity contribution in [2.75, 3.05) is 11.6 Å². The van der Waals surface area contributed by atoms with Crippen molar-refractivity contribution >= 4 is 32.1 Å². The standard InChI is InChI=1S/C19H16N4O2S/c1-26(24,25)16-8-6-15(7-9-16)21-18-12-14-4-2-3-5-17(14)19(22-18)23-11-10-20-13-23/h2-13H,1H3,(H,21,22). The SMILES string of the molecule is CS(=O)(=O)c1ccc(Nc2cc3ccccc3c(-n3ccnc3)n2)cc1.